The van der Waals surface area contributed by atoms with E-state index in [4.69, 9.17) is 9.47 Å². The zero-order chi connectivity index (χ0) is 22.8. The third-order valence-corrected chi connectivity index (χ3v) is 7.84. The Balaban J connectivity index is 2.04. The van der Waals surface area contributed by atoms with Gasteiger partial charge in [0, 0.05) is 13.5 Å². The van der Waals surface area contributed by atoms with Crippen LogP contribution in [0.2, 0.25) is 0 Å². The Kier molecular flexibility index (Phi) is 7.49. The molecule has 31 heavy (non-hydrogen) atoms. The molecule has 1 saturated carbocycles. The minimum absolute atomic E-state index is 0.167. The number of methoxy groups -OCH3 is 1. The van der Waals surface area contributed by atoms with Crippen LogP contribution in [0.1, 0.15) is 62.4 Å². The number of carbonyl (C=O) groups is 1. The molecule has 3 rings (SSSR count). The van der Waals surface area contributed by atoms with E-state index in [0.717, 1.165) is 30.4 Å². The molecule has 0 bridgehead atoms. The monoisotopic (exact) mass is 488 g/mol. The summed E-state index contributed by atoms with van der Waals surface area (Å²) in [4.78, 5) is 14.9. The van der Waals surface area contributed by atoms with Gasteiger partial charge in [-0.15, -0.1) is 6.58 Å². The fourth-order valence-electron chi connectivity index (χ4n) is 5.24. The molecule has 168 valence electrons. The number of hydrogen-bond donors (Lipinski definition) is 0. The highest BCUT2D eigenvalue weighted by atomic mass is 79.9. The number of carbonyl (C=O) groups excluding carboxylic acids is 1. The molecule has 6 atom stereocenters. The van der Waals surface area contributed by atoms with Crippen molar-refractivity contribution in [2.45, 2.75) is 69.2 Å². The fraction of sp³-hybridized carbons (Fsp3) is 0.600. The van der Waals surface area contributed by atoms with E-state index in [1.165, 1.54) is 4.90 Å². The zero-order valence-corrected chi connectivity index (χ0v) is 20.5. The summed E-state index contributed by atoms with van der Waals surface area (Å²) in [5.74, 6) is 1.24. The first-order valence-corrected chi connectivity index (χ1v) is 12.0. The molecule has 0 spiro atoms. The van der Waals surface area contributed by atoms with Crippen LogP contribution in [0.4, 0.5) is 4.79 Å². The van der Waals surface area contributed by atoms with Crippen LogP contribution in [-0.2, 0) is 15.0 Å². The van der Waals surface area contributed by atoms with Crippen molar-refractivity contribution >= 4 is 22.0 Å². The minimum atomic E-state index is -1.24. The summed E-state index contributed by atoms with van der Waals surface area (Å²) in [6.45, 7) is 10.4. The average Bonchev–Trinajstić information content (AvgIpc) is 2.75. The molecule has 1 fully saturated rings. The lowest BCUT2D eigenvalue weighted by atomic mass is 9.75. The van der Waals surface area contributed by atoms with Gasteiger partial charge in [0.25, 0.3) is 0 Å². The standard InChI is InChI=1S/C25H33BrN2O3/c1-6-13-25(15-27)20-10-8-7-9-19(20)22(26)23(30-5)28(25)24(29)31-21-14-17(4)11-12-18(21)16(2)3/h6-10,16-18,21-23H,1,11-14H2,2-5H3/t17-,18+,21-,22?,23?,25?/m1/s1. The lowest BCUT2D eigenvalue weighted by Gasteiger charge is -2.49. The number of nitrogens with zero attached hydrogens (tertiary/aromatic N) is 2. The Morgan fingerprint density at radius 3 is 2.74 bits per heavy atom. The van der Waals surface area contributed by atoms with E-state index in [1.54, 1.807) is 13.2 Å². The molecule has 1 amide bonds. The number of nitriles is 1. The van der Waals surface area contributed by atoms with Crippen molar-refractivity contribution in [1.29, 1.82) is 5.26 Å². The van der Waals surface area contributed by atoms with Gasteiger partial charge in [0.1, 0.15) is 6.10 Å². The molecule has 1 heterocycles. The molecule has 1 aromatic rings. The van der Waals surface area contributed by atoms with Crippen molar-refractivity contribution in [1.82, 2.24) is 4.90 Å². The van der Waals surface area contributed by atoms with Crippen LogP contribution in [0.15, 0.2) is 36.9 Å². The second kappa shape index (κ2) is 9.75. The molecule has 0 radical (unpaired) electrons. The van der Waals surface area contributed by atoms with Crippen LogP contribution in [-0.4, -0.2) is 30.4 Å². The predicted octanol–water partition coefficient (Wildman–Crippen LogP) is 6.30. The minimum Gasteiger partial charge on any atom is -0.446 e. The molecule has 2 aliphatic rings. The van der Waals surface area contributed by atoms with Crippen LogP contribution >= 0.6 is 15.9 Å². The van der Waals surface area contributed by atoms with Gasteiger partial charge in [-0.25, -0.2) is 4.79 Å². The van der Waals surface area contributed by atoms with Crippen molar-refractivity contribution in [2.24, 2.45) is 17.8 Å². The first-order valence-electron chi connectivity index (χ1n) is 11.1. The summed E-state index contributed by atoms with van der Waals surface area (Å²) in [6.07, 6.45) is 3.65. The highest BCUT2D eigenvalue weighted by Gasteiger charge is 2.54. The second-order valence-electron chi connectivity index (χ2n) is 9.20. The highest BCUT2D eigenvalue weighted by Crippen LogP contribution is 2.49. The molecule has 1 aliphatic carbocycles. The number of rotatable bonds is 5. The number of fused-ring (bicyclic) bond motifs is 1. The van der Waals surface area contributed by atoms with Crippen molar-refractivity contribution in [2.75, 3.05) is 7.11 Å². The lowest BCUT2D eigenvalue weighted by Crippen LogP contribution is -2.59. The van der Waals surface area contributed by atoms with Gasteiger partial charge in [-0.1, -0.05) is 73.5 Å². The number of hydrogen-bond acceptors (Lipinski definition) is 4. The molecule has 0 N–H and O–H groups in total. The van der Waals surface area contributed by atoms with Gasteiger partial charge in [0.15, 0.2) is 11.8 Å². The topological polar surface area (TPSA) is 62.6 Å². The maximum Gasteiger partial charge on any atom is 0.413 e. The third kappa shape index (κ3) is 4.27. The van der Waals surface area contributed by atoms with Crippen LogP contribution in [0.25, 0.3) is 0 Å². The third-order valence-electron chi connectivity index (χ3n) is 6.90. The Bertz CT molecular complexity index is 851. The second-order valence-corrected chi connectivity index (χ2v) is 10.2. The van der Waals surface area contributed by atoms with Gasteiger partial charge >= 0.3 is 6.09 Å². The molecule has 1 aromatic carbocycles. The maximum atomic E-state index is 13.7. The number of alkyl halides is 1. The first-order chi connectivity index (χ1) is 14.8. The van der Waals surface area contributed by atoms with E-state index < -0.39 is 17.9 Å². The van der Waals surface area contributed by atoms with Gasteiger partial charge in [0.05, 0.1) is 10.9 Å². The molecule has 6 heteroatoms. The molecule has 1 aliphatic heterocycles. The largest absolute Gasteiger partial charge is 0.446 e. The zero-order valence-electron chi connectivity index (χ0n) is 18.9. The highest BCUT2D eigenvalue weighted by molar-refractivity contribution is 9.09. The summed E-state index contributed by atoms with van der Waals surface area (Å²) in [5.41, 5.74) is 0.476. The van der Waals surface area contributed by atoms with Crippen molar-refractivity contribution in [3.8, 4) is 6.07 Å². The van der Waals surface area contributed by atoms with E-state index in [-0.39, 0.29) is 17.4 Å². The molecule has 0 saturated heterocycles. The summed E-state index contributed by atoms with van der Waals surface area (Å²) in [5, 5.41) is 10.4. The van der Waals surface area contributed by atoms with Crippen LogP contribution in [0.5, 0.6) is 0 Å². The van der Waals surface area contributed by atoms with Crippen molar-refractivity contribution in [3.63, 3.8) is 0 Å². The smallest absolute Gasteiger partial charge is 0.413 e. The lowest BCUT2D eigenvalue weighted by molar-refractivity contribution is -0.0932. The Hall–Kier alpha value is -1.84. The fourth-order valence-corrected chi connectivity index (χ4v) is 6.10. The van der Waals surface area contributed by atoms with E-state index >= 15 is 0 Å². The summed E-state index contributed by atoms with van der Waals surface area (Å²) in [6, 6.07) is 10.1. The number of benzene rings is 1. The quantitative estimate of drug-likeness (QED) is 0.360. The van der Waals surface area contributed by atoms with Crippen LogP contribution in [0, 0.1) is 29.1 Å². The number of halogens is 1. The predicted molar refractivity (Wildman–Crippen MR) is 124 cm³/mol. The van der Waals surface area contributed by atoms with E-state index in [9.17, 15) is 10.1 Å². The van der Waals surface area contributed by atoms with Gasteiger partial charge in [-0.3, -0.25) is 4.90 Å². The molecular formula is C25H33BrN2O3. The Morgan fingerprint density at radius 1 is 1.42 bits per heavy atom. The van der Waals surface area contributed by atoms with Crippen LogP contribution in [0.3, 0.4) is 0 Å². The van der Waals surface area contributed by atoms with E-state index in [0.29, 0.717) is 17.8 Å². The van der Waals surface area contributed by atoms with Gasteiger partial charge < -0.3 is 9.47 Å². The Labute approximate surface area is 194 Å². The molecule has 0 aromatic heterocycles. The summed E-state index contributed by atoms with van der Waals surface area (Å²) in [7, 11) is 1.56. The van der Waals surface area contributed by atoms with Gasteiger partial charge in [-0.05, 0) is 41.7 Å². The number of ether oxygens (including phenoxy) is 2. The molecular weight excluding hydrogens is 456 g/mol. The SMILES string of the molecule is C=CCC1(C#N)c2ccccc2C(Br)C(OC)N1C(=O)O[C@@H]1C[C@H](C)CC[C@H]1C(C)C. The molecule has 5 nitrogen and oxygen atoms in total. The summed E-state index contributed by atoms with van der Waals surface area (Å²) >= 11 is 3.71. The van der Waals surface area contributed by atoms with Gasteiger partial charge in [-0.2, -0.15) is 5.26 Å². The van der Waals surface area contributed by atoms with Crippen molar-refractivity contribution < 1.29 is 14.3 Å². The van der Waals surface area contributed by atoms with E-state index in [2.05, 4.69) is 49.3 Å². The normalized spacial score (nSPS) is 32.8. The average molecular weight is 489 g/mol. The Morgan fingerprint density at radius 2 is 2.13 bits per heavy atom. The molecule has 3 unspecified atom stereocenters. The van der Waals surface area contributed by atoms with Crippen molar-refractivity contribution in [3.05, 3.63) is 48.0 Å². The van der Waals surface area contributed by atoms with Crippen LogP contribution < -0.4 is 0 Å². The van der Waals surface area contributed by atoms with Gasteiger partial charge in [0.2, 0.25) is 0 Å². The van der Waals surface area contributed by atoms with E-state index in [1.807, 2.05) is 24.3 Å². The number of amides is 1. The maximum absolute atomic E-state index is 13.7. The summed E-state index contributed by atoms with van der Waals surface area (Å²) < 4.78 is 11.9. The first kappa shape index (κ1) is 23.8.